The standard InChI is InChI=1S/C14H18N4S2/c1-2-12-15-10(7-19-12)8-20-14-17-16-13(9-3-4-9)18(14)11-5-6-11/h7,9,11H,2-6,8H2,1H3. The average molecular weight is 306 g/mol. The van der Waals surface area contributed by atoms with Gasteiger partial charge in [-0.05, 0) is 32.1 Å². The number of nitrogens with zero attached hydrogens (tertiary/aromatic N) is 4. The zero-order valence-corrected chi connectivity index (χ0v) is 13.2. The molecule has 0 N–H and O–H groups in total. The van der Waals surface area contributed by atoms with E-state index in [1.807, 2.05) is 0 Å². The Morgan fingerprint density at radius 2 is 2.15 bits per heavy atom. The predicted octanol–water partition coefficient (Wildman–Crippen LogP) is 3.80. The minimum atomic E-state index is 0.671. The Morgan fingerprint density at radius 3 is 2.80 bits per heavy atom. The van der Waals surface area contributed by atoms with Crippen LogP contribution in [0.5, 0.6) is 0 Å². The fraction of sp³-hybridized carbons (Fsp3) is 0.643. The fourth-order valence-corrected chi connectivity index (χ4v) is 4.15. The van der Waals surface area contributed by atoms with Crippen molar-refractivity contribution in [2.45, 2.75) is 61.9 Å². The van der Waals surface area contributed by atoms with Gasteiger partial charge in [0.25, 0.3) is 0 Å². The van der Waals surface area contributed by atoms with Crippen LogP contribution in [0.2, 0.25) is 0 Å². The summed E-state index contributed by atoms with van der Waals surface area (Å²) in [4.78, 5) is 4.63. The third kappa shape index (κ3) is 2.51. The van der Waals surface area contributed by atoms with E-state index in [1.165, 1.54) is 42.2 Å². The van der Waals surface area contributed by atoms with Crippen LogP contribution in [-0.4, -0.2) is 19.7 Å². The summed E-state index contributed by atoms with van der Waals surface area (Å²) in [6, 6.07) is 0.671. The SMILES string of the molecule is CCc1nc(CSc2nnc(C3CC3)n2C2CC2)cs1. The molecule has 2 aromatic heterocycles. The second kappa shape index (κ2) is 5.15. The number of hydrogen-bond donors (Lipinski definition) is 0. The first-order valence-corrected chi connectivity index (χ1v) is 9.22. The van der Waals surface area contributed by atoms with Crippen LogP contribution in [0.15, 0.2) is 10.5 Å². The van der Waals surface area contributed by atoms with Gasteiger partial charge in [0.15, 0.2) is 5.16 Å². The van der Waals surface area contributed by atoms with Crippen LogP contribution in [-0.2, 0) is 12.2 Å². The molecule has 0 saturated heterocycles. The molecule has 0 aliphatic heterocycles. The van der Waals surface area contributed by atoms with E-state index in [-0.39, 0.29) is 0 Å². The molecular weight excluding hydrogens is 288 g/mol. The first kappa shape index (κ1) is 12.8. The summed E-state index contributed by atoms with van der Waals surface area (Å²) in [7, 11) is 0. The summed E-state index contributed by atoms with van der Waals surface area (Å²) in [5.41, 5.74) is 1.18. The predicted molar refractivity (Wildman–Crippen MR) is 81.3 cm³/mol. The van der Waals surface area contributed by atoms with Crippen LogP contribution in [0, 0.1) is 0 Å². The van der Waals surface area contributed by atoms with Gasteiger partial charge in [0.2, 0.25) is 0 Å². The second-order valence-electron chi connectivity index (χ2n) is 5.59. The minimum Gasteiger partial charge on any atom is -0.303 e. The highest BCUT2D eigenvalue weighted by molar-refractivity contribution is 7.98. The van der Waals surface area contributed by atoms with E-state index in [0.29, 0.717) is 12.0 Å². The van der Waals surface area contributed by atoms with Crippen LogP contribution in [0.4, 0.5) is 0 Å². The van der Waals surface area contributed by atoms with Crippen molar-refractivity contribution in [2.24, 2.45) is 0 Å². The maximum Gasteiger partial charge on any atom is 0.191 e. The van der Waals surface area contributed by atoms with Gasteiger partial charge in [-0.2, -0.15) is 0 Å². The van der Waals surface area contributed by atoms with Crippen molar-refractivity contribution in [3.63, 3.8) is 0 Å². The Morgan fingerprint density at radius 1 is 1.30 bits per heavy atom. The lowest BCUT2D eigenvalue weighted by molar-refractivity contribution is 0.627. The first-order chi connectivity index (χ1) is 9.85. The van der Waals surface area contributed by atoms with Gasteiger partial charge in [0.1, 0.15) is 5.82 Å². The smallest absolute Gasteiger partial charge is 0.191 e. The molecule has 20 heavy (non-hydrogen) atoms. The number of aryl methyl sites for hydroxylation is 1. The molecule has 0 unspecified atom stereocenters. The lowest BCUT2D eigenvalue weighted by atomic mass is 10.4. The molecule has 0 amide bonds. The molecule has 2 aromatic rings. The van der Waals surface area contributed by atoms with Crippen LogP contribution >= 0.6 is 23.1 Å². The molecule has 2 aliphatic rings. The molecule has 2 aliphatic carbocycles. The van der Waals surface area contributed by atoms with Crippen LogP contribution in [0.3, 0.4) is 0 Å². The number of hydrogen-bond acceptors (Lipinski definition) is 5. The van der Waals surface area contributed by atoms with Crippen molar-refractivity contribution in [3.05, 3.63) is 21.9 Å². The lowest BCUT2D eigenvalue weighted by Crippen LogP contribution is -2.02. The molecule has 4 rings (SSSR count). The Hall–Kier alpha value is -0.880. The molecule has 6 heteroatoms. The molecule has 2 heterocycles. The van der Waals surface area contributed by atoms with Crippen molar-refractivity contribution in [3.8, 4) is 0 Å². The molecule has 2 saturated carbocycles. The van der Waals surface area contributed by atoms with E-state index < -0.39 is 0 Å². The molecule has 106 valence electrons. The van der Waals surface area contributed by atoms with Gasteiger partial charge in [-0.1, -0.05) is 18.7 Å². The zero-order chi connectivity index (χ0) is 13.5. The third-order valence-corrected chi connectivity index (χ3v) is 5.81. The van der Waals surface area contributed by atoms with Gasteiger partial charge in [-0.25, -0.2) is 4.98 Å². The molecule has 0 aromatic carbocycles. The van der Waals surface area contributed by atoms with Crippen molar-refractivity contribution in [1.29, 1.82) is 0 Å². The first-order valence-electron chi connectivity index (χ1n) is 7.36. The Bertz CT molecular complexity index is 610. The quantitative estimate of drug-likeness (QED) is 0.761. The van der Waals surface area contributed by atoms with Crippen molar-refractivity contribution in [1.82, 2.24) is 19.7 Å². The van der Waals surface area contributed by atoms with Gasteiger partial charge in [0.05, 0.1) is 10.7 Å². The van der Waals surface area contributed by atoms with Crippen LogP contribution in [0.25, 0.3) is 0 Å². The molecule has 4 nitrogen and oxygen atoms in total. The summed E-state index contributed by atoms with van der Waals surface area (Å²) in [5, 5.41) is 13.4. The monoisotopic (exact) mass is 306 g/mol. The van der Waals surface area contributed by atoms with E-state index in [4.69, 9.17) is 0 Å². The van der Waals surface area contributed by atoms with Crippen LogP contribution in [0.1, 0.15) is 61.1 Å². The Balaban J connectivity index is 1.50. The van der Waals surface area contributed by atoms with Crippen molar-refractivity contribution >= 4 is 23.1 Å². The molecule has 0 radical (unpaired) electrons. The number of aromatic nitrogens is 4. The van der Waals surface area contributed by atoms with Crippen molar-refractivity contribution in [2.75, 3.05) is 0 Å². The van der Waals surface area contributed by atoms with E-state index >= 15 is 0 Å². The zero-order valence-electron chi connectivity index (χ0n) is 11.6. The fourth-order valence-electron chi connectivity index (χ4n) is 2.40. The van der Waals surface area contributed by atoms with Gasteiger partial charge >= 0.3 is 0 Å². The second-order valence-corrected chi connectivity index (χ2v) is 7.48. The van der Waals surface area contributed by atoms with Gasteiger partial charge < -0.3 is 4.57 Å². The average Bonchev–Trinajstić information content (AvgIpc) is 3.39. The van der Waals surface area contributed by atoms with Crippen molar-refractivity contribution < 1.29 is 0 Å². The summed E-state index contributed by atoms with van der Waals surface area (Å²) in [6.07, 6.45) is 6.20. The minimum absolute atomic E-state index is 0.671. The highest BCUT2D eigenvalue weighted by Crippen LogP contribution is 2.46. The Labute approximate surface area is 127 Å². The number of thiazole rings is 1. The lowest BCUT2D eigenvalue weighted by Gasteiger charge is -2.07. The summed E-state index contributed by atoms with van der Waals surface area (Å²) in [5.74, 6) is 2.83. The largest absolute Gasteiger partial charge is 0.303 e. The number of rotatable bonds is 6. The van der Waals surface area contributed by atoms with Crippen LogP contribution < -0.4 is 0 Å². The van der Waals surface area contributed by atoms with E-state index in [2.05, 4.69) is 32.1 Å². The highest BCUT2D eigenvalue weighted by Gasteiger charge is 2.36. The Kier molecular flexibility index (Phi) is 3.30. The highest BCUT2D eigenvalue weighted by atomic mass is 32.2. The summed E-state index contributed by atoms with van der Waals surface area (Å²) in [6.45, 7) is 2.15. The molecule has 0 spiro atoms. The maximum absolute atomic E-state index is 4.63. The summed E-state index contributed by atoms with van der Waals surface area (Å²) < 4.78 is 2.41. The maximum atomic E-state index is 4.63. The molecule has 0 atom stereocenters. The third-order valence-electron chi connectivity index (χ3n) is 3.80. The van der Waals surface area contributed by atoms with Gasteiger partial charge in [0, 0.05) is 23.1 Å². The molecule has 2 fully saturated rings. The van der Waals surface area contributed by atoms with Gasteiger partial charge in [-0.15, -0.1) is 21.5 Å². The molecule has 0 bridgehead atoms. The van der Waals surface area contributed by atoms with E-state index in [1.54, 1.807) is 23.1 Å². The van der Waals surface area contributed by atoms with E-state index in [9.17, 15) is 0 Å². The van der Waals surface area contributed by atoms with Gasteiger partial charge in [-0.3, -0.25) is 0 Å². The molecular formula is C14H18N4S2. The van der Waals surface area contributed by atoms with E-state index in [0.717, 1.165) is 17.3 Å². The number of thioether (sulfide) groups is 1. The summed E-state index contributed by atoms with van der Waals surface area (Å²) >= 11 is 3.55. The normalized spacial score (nSPS) is 18.6. The topological polar surface area (TPSA) is 43.6 Å².